The van der Waals surface area contributed by atoms with Crippen LogP contribution < -0.4 is 0 Å². The van der Waals surface area contributed by atoms with E-state index < -0.39 is 11.9 Å². The van der Waals surface area contributed by atoms with E-state index in [4.69, 9.17) is 27.9 Å². The second-order valence-corrected chi connectivity index (χ2v) is 7.05. The quantitative estimate of drug-likeness (QED) is 0.710. The Morgan fingerprint density at radius 1 is 1.28 bits per heavy atom. The van der Waals surface area contributed by atoms with Crippen molar-refractivity contribution in [1.82, 2.24) is 4.90 Å². The summed E-state index contributed by atoms with van der Waals surface area (Å²) in [5.41, 5.74) is 3.43. The van der Waals surface area contributed by atoms with Crippen molar-refractivity contribution >= 4 is 35.0 Å². The number of carbonyl (C=O) groups is 2. The number of methoxy groups -OCH3 is 1. The number of hydrogen-bond acceptors (Lipinski definition) is 4. The van der Waals surface area contributed by atoms with Gasteiger partial charge in [-0.1, -0.05) is 35.3 Å². The number of hydrogen-bond donors (Lipinski definition) is 0. The number of nitrogens with zero attached hydrogens (tertiary/aromatic N) is 1. The lowest BCUT2D eigenvalue weighted by Crippen LogP contribution is -2.35. The van der Waals surface area contributed by atoms with Crippen LogP contribution in [0, 0.1) is 0 Å². The normalized spacial score (nSPS) is 20.8. The lowest BCUT2D eigenvalue weighted by atomic mass is 9.74. The van der Waals surface area contributed by atoms with Gasteiger partial charge >= 0.3 is 5.97 Å². The summed E-state index contributed by atoms with van der Waals surface area (Å²) in [7, 11) is 3.22. The van der Waals surface area contributed by atoms with E-state index in [0.29, 0.717) is 33.2 Å². The monoisotopic (exact) mass is 379 g/mol. The Hall–Kier alpha value is -1.78. The van der Waals surface area contributed by atoms with Crippen LogP contribution in [0.3, 0.4) is 0 Å². The first kappa shape index (κ1) is 18.0. The van der Waals surface area contributed by atoms with Gasteiger partial charge < -0.3 is 9.64 Å². The molecule has 1 aliphatic heterocycles. The smallest absolute Gasteiger partial charge is 0.336 e. The zero-order chi connectivity index (χ0) is 18.3. The summed E-state index contributed by atoms with van der Waals surface area (Å²) < 4.78 is 5.01. The van der Waals surface area contributed by atoms with Gasteiger partial charge in [-0.3, -0.25) is 4.79 Å². The van der Waals surface area contributed by atoms with Crippen molar-refractivity contribution in [3.05, 3.63) is 56.3 Å². The largest absolute Gasteiger partial charge is 0.466 e. The molecule has 0 N–H and O–H groups in total. The van der Waals surface area contributed by atoms with Gasteiger partial charge in [0, 0.05) is 36.4 Å². The Bertz CT molecular complexity index is 826. The van der Waals surface area contributed by atoms with Crippen molar-refractivity contribution < 1.29 is 14.3 Å². The van der Waals surface area contributed by atoms with Gasteiger partial charge in [0.25, 0.3) is 0 Å². The van der Waals surface area contributed by atoms with Crippen LogP contribution in [0.5, 0.6) is 0 Å². The molecule has 4 nitrogen and oxygen atoms in total. The summed E-state index contributed by atoms with van der Waals surface area (Å²) >= 11 is 12.6. The van der Waals surface area contributed by atoms with E-state index in [1.54, 1.807) is 12.1 Å². The molecule has 0 bridgehead atoms. The van der Waals surface area contributed by atoms with Gasteiger partial charge in [0.15, 0.2) is 5.78 Å². The maximum absolute atomic E-state index is 12.8. The van der Waals surface area contributed by atoms with E-state index in [9.17, 15) is 9.59 Å². The van der Waals surface area contributed by atoms with Gasteiger partial charge in [-0.25, -0.2) is 4.79 Å². The maximum Gasteiger partial charge on any atom is 0.336 e. The fourth-order valence-electron chi connectivity index (χ4n) is 3.69. The molecule has 0 radical (unpaired) electrons. The van der Waals surface area contributed by atoms with Crippen molar-refractivity contribution in [2.75, 3.05) is 14.2 Å². The fourth-order valence-corrected chi connectivity index (χ4v) is 4.11. The number of ketones is 1. The van der Waals surface area contributed by atoms with E-state index in [0.717, 1.165) is 24.2 Å². The molecule has 25 heavy (non-hydrogen) atoms. The molecule has 1 atom stereocenters. The lowest BCUT2D eigenvalue weighted by Gasteiger charge is -2.39. The number of ether oxygens (including phenoxy) is 1. The molecule has 0 spiro atoms. The molecular weight excluding hydrogens is 361 g/mol. The number of halogens is 2. The number of rotatable bonds is 2. The van der Waals surface area contributed by atoms with Crippen LogP contribution in [0.1, 0.15) is 37.7 Å². The van der Waals surface area contributed by atoms with Gasteiger partial charge in [-0.15, -0.1) is 0 Å². The minimum Gasteiger partial charge on any atom is -0.466 e. The summed E-state index contributed by atoms with van der Waals surface area (Å²) in [6.45, 7) is 1.86. The maximum atomic E-state index is 12.8. The summed E-state index contributed by atoms with van der Waals surface area (Å²) in [6, 6.07) is 5.28. The van der Waals surface area contributed by atoms with Gasteiger partial charge in [-0.2, -0.15) is 0 Å². The first-order chi connectivity index (χ1) is 11.9. The van der Waals surface area contributed by atoms with Crippen LogP contribution in [0.2, 0.25) is 10.0 Å². The minimum absolute atomic E-state index is 0.0445. The first-order valence-electron chi connectivity index (χ1n) is 8.11. The Balaban J connectivity index is 2.31. The number of esters is 1. The molecule has 2 aliphatic rings. The van der Waals surface area contributed by atoms with Crippen molar-refractivity contribution in [2.24, 2.45) is 0 Å². The number of benzene rings is 1. The van der Waals surface area contributed by atoms with Crippen LogP contribution in [0.15, 0.2) is 40.7 Å². The molecule has 1 unspecified atom stereocenters. The standard InChI is InChI=1S/C19H19Cl2NO3/c1-10-15(19(24)25-3)16(11-6-4-7-12(20)18(11)21)17-13(22(10)2)8-5-9-14(17)23/h4,6-7,16H,5,8-9H2,1-3H3. The molecule has 1 heterocycles. The van der Waals surface area contributed by atoms with E-state index in [1.807, 2.05) is 24.9 Å². The predicted molar refractivity (Wildman–Crippen MR) is 97.6 cm³/mol. The minimum atomic E-state index is -0.558. The highest BCUT2D eigenvalue weighted by Crippen LogP contribution is 2.48. The summed E-state index contributed by atoms with van der Waals surface area (Å²) in [4.78, 5) is 27.3. The highest BCUT2D eigenvalue weighted by atomic mass is 35.5. The van der Waals surface area contributed by atoms with E-state index in [-0.39, 0.29) is 5.78 Å². The highest BCUT2D eigenvalue weighted by molar-refractivity contribution is 6.42. The zero-order valence-corrected chi connectivity index (χ0v) is 15.9. The highest BCUT2D eigenvalue weighted by Gasteiger charge is 2.41. The molecule has 1 aromatic carbocycles. The second-order valence-electron chi connectivity index (χ2n) is 6.26. The topological polar surface area (TPSA) is 46.6 Å². The van der Waals surface area contributed by atoms with E-state index >= 15 is 0 Å². The Kier molecular flexibility index (Phi) is 4.94. The molecule has 0 aromatic heterocycles. The predicted octanol–water partition coefficient (Wildman–Crippen LogP) is 4.48. The lowest BCUT2D eigenvalue weighted by molar-refractivity contribution is -0.136. The van der Waals surface area contributed by atoms with E-state index in [1.165, 1.54) is 7.11 Å². The van der Waals surface area contributed by atoms with Gasteiger partial charge in [0.2, 0.25) is 0 Å². The number of allylic oxidation sites excluding steroid dienone is 3. The van der Waals surface area contributed by atoms with Gasteiger partial charge in [0.05, 0.1) is 22.7 Å². The second kappa shape index (κ2) is 6.85. The molecule has 6 heteroatoms. The first-order valence-corrected chi connectivity index (χ1v) is 8.87. The van der Waals surface area contributed by atoms with Crippen LogP contribution in [-0.2, 0) is 14.3 Å². The summed E-state index contributed by atoms with van der Waals surface area (Å²) in [5.74, 6) is -0.976. The number of Topliss-reactive ketones (excluding diaryl/α,β-unsaturated/α-hetero) is 1. The molecule has 1 aliphatic carbocycles. The molecule has 1 aromatic rings. The Morgan fingerprint density at radius 3 is 2.68 bits per heavy atom. The summed E-state index contributed by atoms with van der Waals surface area (Å²) in [5, 5.41) is 0.753. The fraction of sp³-hybridized carbons (Fsp3) is 0.368. The molecule has 0 amide bonds. The Labute approximate surface area is 157 Å². The molecule has 0 saturated heterocycles. The third-order valence-electron chi connectivity index (χ3n) is 5.00. The molecule has 132 valence electrons. The zero-order valence-electron chi connectivity index (χ0n) is 14.4. The van der Waals surface area contributed by atoms with Crippen molar-refractivity contribution in [2.45, 2.75) is 32.1 Å². The SMILES string of the molecule is COC(=O)C1=C(C)N(C)C2=C(C(=O)CCC2)C1c1cccc(Cl)c1Cl. The molecule has 0 fully saturated rings. The van der Waals surface area contributed by atoms with Crippen molar-refractivity contribution in [3.63, 3.8) is 0 Å². The van der Waals surface area contributed by atoms with Gasteiger partial charge in [0.1, 0.15) is 0 Å². The van der Waals surface area contributed by atoms with E-state index in [2.05, 4.69) is 0 Å². The molecule has 0 saturated carbocycles. The Morgan fingerprint density at radius 2 is 2.00 bits per heavy atom. The molecular formula is C19H19Cl2NO3. The van der Waals surface area contributed by atoms with Crippen LogP contribution in [0.25, 0.3) is 0 Å². The van der Waals surface area contributed by atoms with Crippen LogP contribution >= 0.6 is 23.2 Å². The number of carbonyl (C=O) groups excluding carboxylic acids is 2. The summed E-state index contributed by atoms with van der Waals surface area (Å²) in [6.07, 6.45) is 2.06. The third-order valence-corrected chi connectivity index (χ3v) is 5.84. The van der Waals surface area contributed by atoms with Crippen molar-refractivity contribution in [3.8, 4) is 0 Å². The van der Waals surface area contributed by atoms with Gasteiger partial charge in [-0.05, 0) is 31.4 Å². The molecule has 3 rings (SSSR count). The average molecular weight is 380 g/mol. The average Bonchev–Trinajstić information content (AvgIpc) is 2.60. The third kappa shape index (κ3) is 2.87. The van der Waals surface area contributed by atoms with Crippen molar-refractivity contribution in [1.29, 1.82) is 0 Å². The van der Waals surface area contributed by atoms with Crippen LogP contribution in [0.4, 0.5) is 0 Å². The van der Waals surface area contributed by atoms with Crippen LogP contribution in [-0.4, -0.2) is 30.8 Å².